The van der Waals surface area contributed by atoms with Crippen LogP contribution in [0.1, 0.15) is 28.3 Å². The van der Waals surface area contributed by atoms with Crippen molar-refractivity contribution in [2.24, 2.45) is 5.92 Å². The molecule has 1 aliphatic heterocycles. The Morgan fingerprint density at radius 2 is 1.65 bits per heavy atom. The van der Waals surface area contributed by atoms with Crippen molar-refractivity contribution >= 4 is 23.0 Å². The second-order valence-electron chi connectivity index (χ2n) is 5.89. The zero-order valence-electron chi connectivity index (χ0n) is 12.9. The summed E-state index contributed by atoms with van der Waals surface area (Å²) in [5.74, 6) is -0.519. The van der Waals surface area contributed by atoms with Crippen LogP contribution in [-0.4, -0.2) is 34.1 Å². The molecule has 1 aliphatic rings. The summed E-state index contributed by atoms with van der Waals surface area (Å²) >= 11 is 5.53. The van der Waals surface area contributed by atoms with Crippen molar-refractivity contribution in [3.8, 4) is 0 Å². The highest BCUT2D eigenvalue weighted by Crippen LogP contribution is 2.38. The van der Waals surface area contributed by atoms with Gasteiger partial charge in [0.05, 0.1) is 10.9 Å². The van der Waals surface area contributed by atoms with Crippen molar-refractivity contribution in [3.63, 3.8) is 0 Å². The smallest absolute Gasteiger partial charge is 0.173 e. The SMILES string of the molecule is CN1C(=S)[C@H](C(=O)c2ccccc2)[C@@H](c2ccccc2)C[C@@H]1O. The molecule has 1 fully saturated rings. The average molecular weight is 325 g/mol. The summed E-state index contributed by atoms with van der Waals surface area (Å²) in [4.78, 5) is 15.2. The van der Waals surface area contributed by atoms with Gasteiger partial charge in [-0.15, -0.1) is 0 Å². The molecule has 0 aromatic heterocycles. The first kappa shape index (κ1) is 15.8. The number of ketones is 1. The third kappa shape index (κ3) is 3.05. The van der Waals surface area contributed by atoms with Crippen molar-refractivity contribution in [3.05, 3.63) is 71.8 Å². The maximum Gasteiger partial charge on any atom is 0.173 e. The number of nitrogens with zero attached hydrogens (tertiary/aromatic N) is 1. The van der Waals surface area contributed by atoms with Gasteiger partial charge in [0.1, 0.15) is 6.23 Å². The van der Waals surface area contributed by atoms with E-state index < -0.39 is 12.1 Å². The van der Waals surface area contributed by atoms with Crippen LogP contribution in [0.4, 0.5) is 0 Å². The lowest BCUT2D eigenvalue weighted by Gasteiger charge is -2.41. The molecule has 1 N–H and O–H groups in total. The number of hydrogen-bond acceptors (Lipinski definition) is 3. The molecule has 1 heterocycles. The lowest BCUT2D eigenvalue weighted by atomic mass is 9.76. The van der Waals surface area contributed by atoms with Crippen molar-refractivity contribution < 1.29 is 9.90 Å². The topological polar surface area (TPSA) is 40.5 Å². The Labute approximate surface area is 141 Å². The lowest BCUT2D eigenvalue weighted by molar-refractivity contribution is 0.0327. The van der Waals surface area contributed by atoms with E-state index >= 15 is 0 Å². The molecule has 4 heteroatoms. The maximum atomic E-state index is 13.1. The summed E-state index contributed by atoms with van der Waals surface area (Å²) in [6, 6.07) is 19.1. The fourth-order valence-corrected chi connectivity index (χ4v) is 3.56. The molecule has 0 saturated carbocycles. The molecule has 118 valence electrons. The third-order valence-corrected chi connectivity index (χ3v) is 5.04. The highest BCUT2D eigenvalue weighted by Gasteiger charge is 2.41. The van der Waals surface area contributed by atoms with E-state index in [9.17, 15) is 9.90 Å². The minimum absolute atomic E-state index is 0.0169. The Kier molecular flexibility index (Phi) is 4.55. The van der Waals surface area contributed by atoms with Gasteiger partial charge in [-0.2, -0.15) is 0 Å². The molecule has 0 spiro atoms. The Hall–Kier alpha value is -2.04. The van der Waals surface area contributed by atoms with Gasteiger partial charge in [0, 0.05) is 24.9 Å². The van der Waals surface area contributed by atoms with Crippen LogP contribution in [0.5, 0.6) is 0 Å². The van der Waals surface area contributed by atoms with Crippen LogP contribution in [0.25, 0.3) is 0 Å². The molecule has 1 saturated heterocycles. The van der Waals surface area contributed by atoms with Gasteiger partial charge in [0.2, 0.25) is 0 Å². The fraction of sp³-hybridized carbons (Fsp3) is 0.263. The van der Waals surface area contributed by atoms with E-state index in [0.29, 0.717) is 17.0 Å². The summed E-state index contributed by atoms with van der Waals surface area (Å²) in [7, 11) is 1.75. The molecule has 3 atom stereocenters. The quantitative estimate of drug-likeness (QED) is 0.695. The number of aliphatic hydroxyl groups excluding tert-OH is 1. The van der Waals surface area contributed by atoms with Gasteiger partial charge in [0.15, 0.2) is 5.78 Å². The number of Topliss-reactive ketones (excluding diaryl/α,β-unsaturated/α-hetero) is 1. The van der Waals surface area contributed by atoms with Gasteiger partial charge in [-0.3, -0.25) is 4.79 Å². The van der Waals surface area contributed by atoms with E-state index in [1.165, 1.54) is 0 Å². The molecule has 3 rings (SSSR count). The molecule has 23 heavy (non-hydrogen) atoms. The van der Waals surface area contributed by atoms with Crippen LogP contribution in [0.3, 0.4) is 0 Å². The highest BCUT2D eigenvalue weighted by molar-refractivity contribution is 7.80. The molecule has 3 nitrogen and oxygen atoms in total. The number of benzene rings is 2. The van der Waals surface area contributed by atoms with Crippen LogP contribution in [0.2, 0.25) is 0 Å². The summed E-state index contributed by atoms with van der Waals surface area (Å²) in [6.07, 6.45) is -0.170. The van der Waals surface area contributed by atoms with E-state index in [0.717, 1.165) is 5.56 Å². The molecule has 2 aromatic rings. The van der Waals surface area contributed by atoms with Crippen molar-refractivity contribution in [1.82, 2.24) is 4.90 Å². The minimum Gasteiger partial charge on any atom is -0.374 e. The highest BCUT2D eigenvalue weighted by atomic mass is 32.1. The van der Waals surface area contributed by atoms with Gasteiger partial charge >= 0.3 is 0 Å². The molecular weight excluding hydrogens is 306 g/mol. The molecule has 0 bridgehead atoms. The van der Waals surface area contributed by atoms with Gasteiger partial charge in [-0.05, 0) is 5.56 Å². The van der Waals surface area contributed by atoms with Crippen LogP contribution in [0, 0.1) is 5.92 Å². The number of aliphatic hydroxyl groups is 1. The van der Waals surface area contributed by atoms with Gasteiger partial charge in [-0.1, -0.05) is 72.9 Å². The summed E-state index contributed by atoms with van der Waals surface area (Å²) < 4.78 is 0. The zero-order chi connectivity index (χ0) is 16.4. The third-order valence-electron chi connectivity index (χ3n) is 4.50. The number of hydrogen-bond donors (Lipinski definition) is 1. The van der Waals surface area contributed by atoms with Gasteiger partial charge < -0.3 is 10.0 Å². The van der Waals surface area contributed by atoms with Gasteiger partial charge in [-0.25, -0.2) is 0 Å². The maximum absolute atomic E-state index is 13.1. The summed E-state index contributed by atoms with van der Waals surface area (Å²) in [6.45, 7) is 0. The van der Waals surface area contributed by atoms with Crippen molar-refractivity contribution in [1.29, 1.82) is 0 Å². The number of piperidine rings is 1. The van der Waals surface area contributed by atoms with E-state index in [1.807, 2.05) is 60.7 Å². The molecule has 0 amide bonds. The second-order valence-corrected chi connectivity index (χ2v) is 6.31. The number of likely N-dealkylation sites (tertiary alicyclic amines) is 1. The normalized spacial score (nSPS) is 24.5. The van der Waals surface area contributed by atoms with E-state index in [1.54, 1.807) is 11.9 Å². The molecule has 0 aliphatic carbocycles. The first-order chi connectivity index (χ1) is 11.1. The van der Waals surface area contributed by atoms with Gasteiger partial charge in [0.25, 0.3) is 0 Å². The van der Waals surface area contributed by atoms with E-state index in [2.05, 4.69) is 0 Å². The predicted octanol–water partition coefficient (Wildman–Crippen LogP) is 3.25. The molecular formula is C19H19NO2S. The lowest BCUT2D eigenvalue weighted by Crippen LogP contribution is -2.50. The molecule has 2 aromatic carbocycles. The van der Waals surface area contributed by atoms with Crippen LogP contribution >= 0.6 is 12.2 Å². The minimum atomic E-state index is -0.660. The molecule has 0 radical (unpaired) electrons. The predicted molar refractivity (Wildman–Crippen MR) is 94.4 cm³/mol. The van der Waals surface area contributed by atoms with Crippen LogP contribution in [-0.2, 0) is 0 Å². The Balaban J connectivity index is 2.01. The first-order valence-electron chi connectivity index (χ1n) is 7.68. The molecule has 0 unspecified atom stereocenters. The van der Waals surface area contributed by atoms with Crippen molar-refractivity contribution in [2.45, 2.75) is 18.6 Å². The number of rotatable bonds is 3. The number of carbonyl (C=O) groups excluding carboxylic acids is 1. The fourth-order valence-electron chi connectivity index (χ4n) is 3.17. The van der Waals surface area contributed by atoms with Crippen molar-refractivity contribution in [2.75, 3.05) is 7.05 Å². The Bertz CT molecular complexity index is 702. The van der Waals surface area contributed by atoms with E-state index in [-0.39, 0.29) is 11.7 Å². The summed E-state index contributed by atoms with van der Waals surface area (Å²) in [5, 5.41) is 10.3. The monoisotopic (exact) mass is 325 g/mol. The average Bonchev–Trinajstić information content (AvgIpc) is 2.60. The zero-order valence-corrected chi connectivity index (χ0v) is 13.7. The number of thiocarbonyl (C=S) groups is 1. The Morgan fingerprint density at radius 3 is 2.26 bits per heavy atom. The second kappa shape index (κ2) is 6.60. The van der Waals surface area contributed by atoms with Crippen LogP contribution < -0.4 is 0 Å². The Morgan fingerprint density at radius 1 is 1.09 bits per heavy atom. The van der Waals surface area contributed by atoms with E-state index in [4.69, 9.17) is 12.2 Å². The number of carbonyl (C=O) groups is 1. The largest absolute Gasteiger partial charge is 0.374 e. The van der Waals surface area contributed by atoms with Crippen LogP contribution in [0.15, 0.2) is 60.7 Å². The summed E-state index contributed by atoms with van der Waals surface area (Å²) in [5.41, 5.74) is 1.70. The first-order valence-corrected chi connectivity index (χ1v) is 8.09. The standard InChI is InChI=1S/C19H19NO2S/c1-20-16(21)12-15(13-8-4-2-5-9-13)17(19(20)23)18(22)14-10-6-3-7-11-14/h2-11,15-17,21H,12H2,1H3/t15-,16+,17+/m1/s1.